The first-order valence-electron chi connectivity index (χ1n) is 11.3. The molecule has 4 rings (SSSR count). The molecule has 2 aromatic carbocycles. The van der Waals surface area contributed by atoms with E-state index in [0.29, 0.717) is 17.3 Å². The zero-order valence-electron chi connectivity index (χ0n) is 19.5. The van der Waals surface area contributed by atoms with Gasteiger partial charge in [0.25, 0.3) is 17.9 Å². The molecule has 0 bridgehead atoms. The molecule has 4 N–H and O–H groups in total. The van der Waals surface area contributed by atoms with Crippen LogP contribution >= 0.6 is 11.6 Å². The number of nitrogens with two attached hydrogens (primary N) is 1. The number of hydrogen-bond donors (Lipinski definition) is 3. The van der Waals surface area contributed by atoms with E-state index in [0.717, 1.165) is 36.8 Å². The van der Waals surface area contributed by atoms with Crippen LogP contribution in [0.15, 0.2) is 65.5 Å². The number of carbonyl (C=O) groups excluding carboxylic acids is 1. The molecular weight excluding hydrogens is 468 g/mol. The van der Waals surface area contributed by atoms with Crippen LogP contribution in [-0.2, 0) is 10.2 Å². The van der Waals surface area contributed by atoms with Gasteiger partial charge in [0.15, 0.2) is 0 Å². The molecule has 0 radical (unpaired) electrons. The monoisotopic (exact) mass is 496 g/mol. The number of nitrogens with zero attached hydrogens (tertiary/aromatic N) is 2. The van der Waals surface area contributed by atoms with Crippen LogP contribution in [-0.4, -0.2) is 40.9 Å². The Morgan fingerprint density at radius 1 is 1.20 bits per heavy atom. The summed E-state index contributed by atoms with van der Waals surface area (Å²) in [6.45, 7) is 0.260. The van der Waals surface area contributed by atoms with Gasteiger partial charge in [-0.15, -0.1) is 0 Å². The van der Waals surface area contributed by atoms with Gasteiger partial charge in [-0.2, -0.15) is 5.10 Å². The van der Waals surface area contributed by atoms with Crippen molar-refractivity contribution in [3.05, 3.63) is 87.2 Å². The predicted octanol–water partition coefficient (Wildman–Crippen LogP) is 3.64. The highest BCUT2D eigenvalue weighted by Crippen LogP contribution is 2.42. The highest BCUT2D eigenvalue weighted by atomic mass is 35.5. The van der Waals surface area contributed by atoms with Crippen LogP contribution in [0.1, 0.15) is 47.6 Å². The van der Waals surface area contributed by atoms with E-state index >= 15 is 0 Å². The lowest BCUT2D eigenvalue weighted by atomic mass is 9.68. The van der Waals surface area contributed by atoms with Crippen LogP contribution in [0.5, 0.6) is 0 Å². The predicted molar refractivity (Wildman–Crippen MR) is 136 cm³/mol. The van der Waals surface area contributed by atoms with Gasteiger partial charge in [0, 0.05) is 29.6 Å². The van der Waals surface area contributed by atoms with E-state index in [-0.39, 0.29) is 29.1 Å². The number of amides is 1. The fourth-order valence-electron chi connectivity index (χ4n) is 4.64. The molecule has 1 saturated carbocycles. The molecule has 1 aliphatic rings. The maximum Gasteiger partial charge on any atom is 0.290 e. The van der Waals surface area contributed by atoms with Crippen LogP contribution in [0.2, 0.25) is 5.02 Å². The minimum atomic E-state index is -0.408. The number of carboxylic acid groups (broad SMARTS) is 1. The molecular formula is C26H29ClN4O4. The van der Waals surface area contributed by atoms with E-state index in [1.165, 1.54) is 11.7 Å². The highest BCUT2D eigenvalue weighted by Gasteiger charge is 2.37. The van der Waals surface area contributed by atoms with Crippen LogP contribution in [0.25, 0.3) is 11.3 Å². The Hall–Kier alpha value is -3.49. The van der Waals surface area contributed by atoms with Gasteiger partial charge in [0.1, 0.15) is 5.56 Å². The molecule has 1 heterocycles. The summed E-state index contributed by atoms with van der Waals surface area (Å²) in [5, 5.41) is 14.8. The topological polar surface area (TPSA) is 127 Å². The zero-order valence-corrected chi connectivity index (χ0v) is 20.2. The lowest BCUT2D eigenvalue weighted by molar-refractivity contribution is -0.122. The molecule has 0 aliphatic heterocycles. The van der Waals surface area contributed by atoms with Gasteiger partial charge >= 0.3 is 0 Å². The summed E-state index contributed by atoms with van der Waals surface area (Å²) in [5.74, 6) is -0.408. The van der Waals surface area contributed by atoms with Crippen molar-refractivity contribution < 1.29 is 14.7 Å². The SMILES string of the molecule is CNC(=O)c1cc(-c2ccccc2)nn([C@H]2CC[C@](CN)(c3cccc(Cl)c3)CC2)c1=O.O=CO. The normalized spacial score (nSPS) is 19.2. The van der Waals surface area contributed by atoms with Crippen LogP contribution in [0.3, 0.4) is 0 Å². The average molecular weight is 497 g/mol. The third-order valence-electron chi connectivity index (χ3n) is 6.56. The minimum absolute atomic E-state index is 0.103. The van der Waals surface area contributed by atoms with Crippen molar-refractivity contribution in [2.45, 2.75) is 37.1 Å². The summed E-state index contributed by atoms with van der Waals surface area (Å²) < 4.78 is 1.51. The summed E-state index contributed by atoms with van der Waals surface area (Å²) in [6, 6.07) is 18.9. The van der Waals surface area contributed by atoms with Crippen molar-refractivity contribution in [2.24, 2.45) is 5.73 Å². The van der Waals surface area contributed by atoms with E-state index in [4.69, 9.17) is 27.2 Å². The van der Waals surface area contributed by atoms with Crippen LogP contribution in [0.4, 0.5) is 0 Å². The van der Waals surface area contributed by atoms with Crippen molar-refractivity contribution >= 4 is 24.0 Å². The second-order valence-electron chi connectivity index (χ2n) is 8.47. The smallest absolute Gasteiger partial charge is 0.290 e. The molecule has 35 heavy (non-hydrogen) atoms. The molecule has 0 saturated heterocycles. The van der Waals surface area contributed by atoms with Gasteiger partial charge in [-0.3, -0.25) is 14.4 Å². The summed E-state index contributed by atoms with van der Waals surface area (Å²) in [4.78, 5) is 34.0. The first kappa shape index (κ1) is 26.1. The minimum Gasteiger partial charge on any atom is -0.483 e. The van der Waals surface area contributed by atoms with E-state index in [1.54, 1.807) is 6.07 Å². The molecule has 1 fully saturated rings. The summed E-state index contributed by atoms with van der Waals surface area (Å²) in [6.07, 6.45) is 3.10. The molecule has 0 spiro atoms. The van der Waals surface area contributed by atoms with Gasteiger partial charge in [0.05, 0.1) is 11.7 Å². The quantitative estimate of drug-likeness (QED) is 0.463. The van der Waals surface area contributed by atoms with Crippen molar-refractivity contribution in [1.29, 1.82) is 0 Å². The maximum atomic E-state index is 13.2. The lowest BCUT2D eigenvalue weighted by Crippen LogP contribution is -2.42. The van der Waals surface area contributed by atoms with Gasteiger partial charge in [-0.05, 0) is 49.4 Å². The molecule has 9 heteroatoms. The molecule has 0 atom stereocenters. The van der Waals surface area contributed by atoms with Gasteiger partial charge < -0.3 is 16.2 Å². The standard InChI is InChI=1S/C25H27ClN4O2.CH2O2/c1-28-23(31)21-15-22(17-6-3-2-4-7-17)29-30(24(21)32)20-10-12-25(16-27,13-11-20)18-8-5-9-19(26)14-18;2-1-3/h2-9,14-15,20H,10-13,16,27H2,1H3,(H,28,31);1H,(H,2,3)/t20-,25-;. The number of nitrogens with one attached hydrogen (secondary N) is 1. The molecule has 0 unspecified atom stereocenters. The van der Waals surface area contributed by atoms with Crippen molar-refractivity contribution in [2.75, 3.05) is 13.6 Å². The molecule has 184 valence electrons. The number of aromatic nitrogens is 2. The summed E-state index contributed by atoms with van der Waals surface area (Å²) >= 11 is 6.23. The molecule has 1 aromatic heterocycles. The van der Waals surface area contributed by atoms with Gasteiger partial charge in [-0.1, -0.05) is 54.1 Å². The van der Waals surface area contributed by atoms with E-state index < -0.39 is 5.91 Å². The van der Waals surface area contributed by atoms with Crippen LogP contribution < -0.4 is 16.6 Å². The Bertz CT molecular complexity index is 1220. The molecule has 1 aliphatic carbocycles. The number of halogens is 1. The first-order valence-corrected chi connectivity index (χ1v) is 11.7. The summed E-state index contributed by atoms with van der Waals surface area (Å²) in [7, 11) is 1.52. The molecule has 1 amide bonds. The largest absolute Gasteiger partial charge is 0.483 e. The van der Waals surface area contributed by atoms with E-state index in [9.17, 15) is 9.59 Å². The Kier molecular flexibility index (Phi) is 8.78. The molecule has 3 aromatic rings. The fraction of sp³-hybridized carbons (Fsp3) is 0.308. The van der Waals surface area contributed by atoms with Crippen molar-refractivity contribution in [1.82, 2.24) is 15.1 Å². The van der Waals surface area contributed by atoms with Crippen LogP contribution in [0, 0.1) is 0 Å². The Morgan fingerprint density at radius 3 is 2.43 bits per heavy atom. The fourth-order valence-corrected chi connectivity index (χ4v) is 4.83. The lowest BCUT2D eigenvalue weighted by Gasteiger charge is -2.40. The number of carbonyl (C=O) groups is 2. The van der Waals surface area contributed by atoms with Crippen molar-refractivity contribution in [3.8, 4) is 11.3 Å². The highest BCUT2D eigenvalue weighted by molar-refractivity contribution is 6.30. The Labute approximate surface area is 208 Å². The zero-order chi connectivity index (χ0) is 25.4. The first-order chi connectivity index (χ1) is 16.9. The second kappa shape index (κ2) is 11.8. The number of hydrogen-bond acceptors (Lipinski definition) is 5. The molecule has 8 nitrogen and oxygen atoms in total. The third-order valence-corrected chi connectivity index (χ3v) is 6.80. The average Bonchev–Trinajstić information content (AvgIpc) is 2.89. The van der Waals surface area contributed by atoms with Gasteiger partial charge in [0.2, 0.25) is 0 Å². The van der Waals surface area contributed by atoms with Gasteiger partial charge in [-0.25, -0.2) is 4.68 Å². The van der Waals surface area contributed by atoms with Crippen molar-refractivity contribution in [3.63, 3.8) is 0 Å². The summed E-state index contributed by atoms with van der Waals surface area (Å²) in [5.41, 5.74) is 8.40. The Morgan fingerprint density at radius 2 is 1.86 bits per heavy atom. The second-order valence-corrected chi connectivity index (χ2v) is 8.91. The third kappa shape index (κ3) is 5.78. The maximum absolute atomic E-state index is 13.2. The Balaban J connectivity index is 0.00000108. The number of rotatable bonds is 5. The van der Waals surface area contributed by atoms with E-state index in [1.807, 2.05) is 48.5 Å². The van der Waals surface area contributed by atoms with E-state index in [2.05, 4.69) is 16.5 Å². The number of benzene rings is 2.